The maximum absolute atomic E-state index is 13.2. The second-order valence-electron chi connectivity index (χ2n) is 4.32. The number of nitrogens with two attached hydrogens (primary N) is 1. The van der Waals surface area contributed by atoms with Crippen LogP contribution in [0.25, 0.3) is 0 Å². The van der Waals surface area contributed by atoms with Crippen molar-refractivity contribution in [3.8, 4) is 0 Å². The van der Waals surface area contributed by atoms with Gasteiger partial charge in [0.25, 0.3) is 5.91 Å². The first-order valence-electron chi connectivity index (χ1n) is 6.13. The van der Waals surface area contributed by atoms with Gasteiger partial charge in [-0.3, -0.25) is 4.79 Å². The van der Waals surface area contributed by atoms with E-state index in [0.29, 0.717) is 27.8 Å². The van der Waals surface area contributed by atoms with Crippen molar-refractivity contribution in [2.24, 2.45) is 0 Å². The Labute approximate surface area is 134 Å². The standard InChI is InChI=1S/C14H12BrClFN3O/c1-2-9-3-7(4-12(18)19-9)14(21)20-13-10(15)5-8(17)6-11(13)16/h3-6H,2H2,1H3,(H2,18,19)(H,20,21). The van der Waals surface area contributed by atoms with Crippen molar-refractivity contribution in [3.63, 3.8) is 0 Å². The van der Waals surface area contributed by atoms with Crippen LogP contribution in [-0.4, -0.2) is 10.9 Å². The van der Waals surface area contributed by atoms with Gasteiger partial charge in [0.1, 0.15) is 11.6 Å². The lowest BCUT2D eigenvalue weighted by atomic mass is 10.1. The molecule has 0 unspecified atom stereocenters. The fraction of sp³-hybridized carbons (Fsp3) is 0.143. The zero-order valence-corrected chi connectivity index (χ0v) is 13.4. The van der Waals surface area contributed by atoms with Crippen LogP contribution in [0.1, 0.15) is 23.0 Å². The molecule has 0 atom stereocenters. The minimum atomic E-state index is -0.494. The van der Waals surface area contributed by atoms with Crippen molar-refractivity contribution in [1.82, 2.24) is 4.98 Å². The van der Waals surface area contributed by atoms with Gasteiger partial charge in [0.15, 0.2) is 0 Å². The third-order valence-corrected chi connectivity index (χ3v) is 3.69. The van der Waals surface area contributed by atoms with Crippen molar-refractivity contribution in [2.45, 2.75) is 13.3 Å². The molecular formula is C14H12BrClFN3O. The fourth-order valence-corrected chi connectivity index (χ4v) is 2.67. The summed E-state index contributed by atoms with van der Waals surface area (Å²) in [5, 5.41) is 2.74. The number of halogens is 3. The van der Waals surface area contributed by atoms with Crippen molar-refractivity contribution in [1.29, 1.82) is 0 Å². The van der Waals surface area contributed by atoms with E-state index in [2.05, 4.69) is 26.2 Å². The molecule has 0 bridgehead atoms. The van der Waals surface area contributed by atoms with Gasteiger partial charge in [-0.05, 0) is 46.6 Å². The minimum Gasteiger partial charge on any atom is -0.384 e. The number of rotatable bonds is 3. The maximum atomic E-state index is 13.2. The predicted molar refractivity (Wildman–Crippen MR) is 85.1 cm³/mol. The Bertz CT molecular complexity index is 686. The second kappa shape index (κ2) is 6.41. The number of benzene rings is 1. The number of pyridine rings is 1. The summed E-state index contributed by atoms with van der Waals surface area (Å²) in [5.41, 5.74) is 7.05. The summed E-state index contributed by atoms with van der Waals surface area (Å²) in [6.45, 7) is 1.91. The van der Waals surface area contributed by atoms with E-state index in [-0.39, 0.29) is 10.8 Å². The number of amides is 1. The molecule has 3 N–H and O–H groups in total. The molecule has 7 heteroatoms. The van der Waals surface area contributed by atoms with Crippen LogP contribution >= 0.6 is 27.5 Å². The molecule has 0 saturated carbocycles. The van der Waals surface area contributed by atoms with Crippen molar-refractivity contribution >= 4 is 44.9 Å². The molecule has 0 saturated heterocycles. The molecule has 1 amide bonds. The monoisotopic (exact) mass is 371 g/mol. The van der Waals surface area contributed by atoms with Gasteiger partial charge < -0.3 is 11.1 Å². The zero-order chi connectivity index (χ0) is 15.6. The van der Waals surface area contributed by atoms with Crippen LogP contribution in [0.15, 0.2) is 28.7 Å². The van der Waals surface area contributed by atoms with Crippen molar-refractivity contribution in [3.05, 3.63) is 50.8 Å². The van der Waals surface area contributed by atoms with E-state index in [1.807, 2.05) is 6.92 Å². The van der Waals surface area contributed by atoms with Gasteiger partial charge in [-0.25, -0.2) is 9.37 Å². The topological polar surface area (TPSA) is 68.0 Å². The Balaban J connectivity index is 2.32. The highest BCUT2D eigenvalue weighted by molar-refractivity contribution is 9.10. The molecule has 1 aromatic carbocycles. The lowest BCUT2D eigenvalue weighted by Gasteiger charge is -2.10. The summed E-state index contributed by atoms with van der Waals surface area (Å²) in [6.07, 6.45) is 0.659. The molecule has 4 nitrogen and oxygen atoms in total. The third-order valence-electron chi connectivity index (χ3n) is 2.77. The Morgan fingerprint density at radius 1 is 1.43 bits per heavy atom. The summed E-state index contributed by atoms with van der Waals surface area (Å²) in [6, 6.07) is 5.47. The number of carbonyl (C=O) groups is 1. The third kappa shape index (κ3) is 3.71. The van der Waals surface area contributed by atoms with E-state index in [9.17, 15) is 9.18 Å². The number of hydrogen-bond donors (Lipinski definition) is 2. The average molecular weight is 373 g/mol. The van der Waals surface area contributed by atoms with Crippen LogP contribution in [-0.2, 0) is 6.42 Å². The first-order chi connectivity index (χ1) is 9.90. The summed E-state index contributed by atoms with van der Waals surface area (Å²) in [7, 11) is 0. The molecule has 0 aliphatic rings. The normalized spacial score (nSPS) is 10.5. The van der Waals surface area contributed by atoms with Crippen molar-refractivity contribution in [2.75, 3.05) is 11.1 Å². The highest BCUT2D eigenvalue weighted by Crippen LogP contribution is 2.32. The smallest absolute Gasteiger partial charge is 0.255 e. The number of carbonyl (C=O) groups excluding carboxylic acids is 1. The van der Waals surface area contributed by atoms with Gasteiger partial charge in [-0.15, -0.1) is 0 Å². The minimum absolute atomic E-state index is 0.105. The number of nitrogens with zero attached hydrogens (tertiary/aromatic N) is 1. The van der Waals surface area contributed by atoms with Crippen LogP contribution < -0.4 is 11.1 Å². The van der Waals surface area contributed by atoms with E-state index in [0.717, 1.165) is 6.07 Å². The van der Waals surface area contributed by atoms with E-state index < -0.39 is 11.7 Å². The number of nitrogen functional groups attached to an aromatic ring is 1. The number of aromatic nitrogens is 1. The second-order valence-corrected chi connectivity index (χ2v) is 5.59. The summed E-state index contributed by atoms with van der Waals surface area (Å²) < 4.78 is 13.5. The number of nitrogens with one attached hydrogen (secondary N) is 1. The fourth-order valence-electron chi connectivity index (χ4n) is 1.77. The molecular weight excluding hydrogens is 361 g/mol. The predicted octanol–water partition coefficient (Wildman–Crippen LogP) is 4.03. The summed E-state index contributed by atoms with van der Waals surface area (Å²) >= 11 is 9.10. The molecule has 0 aliphatic heterocycles. The molecule has 0 fully saturated rings. The van der Waals surface area contributed by atoms with E-state index in [1.54, 1.807) is 6.07 Å². The quantitative estimate of drug-likeness (QED) is 0.854. The molecule has 0 radical (unpaired) electrons. The largest absolute Gasteiger partial charge is 0.384 e. The molecule has 2 aromatic rings. The van der Waals surface area contributed by atoms with Gasteiger partial charge in [-0.2, -0.15) is 0 Å². The van der Waals surface area contributed by atoms with Gasteiger partial charge in [-0.1, -0.05) is 18.5 Å². The lowest BCUT2D eigenvalue weighted by molar-refractivity contribution is 0.102. The highest BCUT2D eigenvalue weighted by Gasteiger charge is 2.14. The summed E-state index contributed by atoms with van der Waals surface area (Å²) in [5.74, 6) is -0.622. The van der Waals surface area contributed by atoms with Gasteiger partial charge in [0.05, 0.1) is 10.7 Å². The molecule has 0 aliphatic carbocycles. The lowest BCUT2D eigenvalue weighted by Crippen LogP contribution is -2.14. The summed E-state index contributed by atoms with van der Waals surface area (Å²) in [4.78, 5) is 16.4. The molecule has 1 heterocycles. The van der Waals surface area contributed by atoms with Crippen molar-refractivity contribution < 1.29 is 9.18 Å². The molecule has 2 rings (SSSR count). The van der Waals surface area contributed by atoms with Gasteiger partial charge >= 0.3 is 0 Å². The van der Waals surface area contributed by atoms with E-state index in [4.69, 9.17) is 17.3 Å². The first-order valence-corrected chi connectivity index (χ1v) is 7.30. The van der Waals surface area contributed by atoms with Crippen LogP contribution in [0.3, 0.4) is 0 Å². The first kappa shape index (κ1) is 15.7. The zero-order valence-electron chi connectivity index (χ0n) is 11.1. The van der Waals surface area contributed by atoms with E-state index >= 15 is 0 Å². The SMILES string of the molecule is CCc1cc(C(=O)Nc2c(Cl)cc(F)cc2Br)cc(N)n1. The van der Waals surface area contributed by atoms with Crippen LogP contribution in [0.5, 0.6) is 0 Å². The average Bonchev–Trinajstić information content (AvgIpc) is 2.41. The van der Waals surface area contributed by atoms with Gasteiger partial charge in [0, 0.05) is 15.7 Å². The van der Waals surface area contributed by atoms with Crippen LogP contribution in [0, 0.1) is 5.82 Å². The van der Waals surface area contributed by atoms with Crippen LogP contribution in [0.2, 0.25) is 5.02 Å². The van der Waals surface area contributed by atoms with E-state index in [1.165, 1.54) is 12.1 Å². The van der Waals surface area contributed by atoms with Gasteiger partial charge in [0.2, 0.25) is 0 Å². The molecule has 1 aromatic heterocycles. The highest BCUT2D eigenvalue weighted by atomic mass is 79.9. The molecule has 110 valence electrons. The Kier molecular flexibility index (Phi) is 4.80. The Hall–Kier alpha value is -1.66. The Morgan fingerprint density at radius 2 is 2.14 bits per heavy atom. The number of anilines is 2. The molecule has 0 spiro atoms. The molecule has 21 heavy (non-hydrogen) atoms. The Morgan fingerprint density at radius 3 is 2.76 bits per heavy atom. The maximum Gasteiger partial charge on any atom is 0.255 e. The number of hydrogen-bond acceptors (Lipinski definition) is 3. The van der Waals surface area contributed by atoms with Crippen LogP contribution in [0.4, 0.5) is 15.9 Å². The number of aryl methyl sites for hydroxylation is 1.